The smallest absolute Gasteiger partial charge is 0.124 e. The third kappa shape index (κ3) is 3.24. The van der Waals surface area contributed by atoms with Gasteiger partial charge in [0.1, 0.15) is 1.37 Å². The lowest BCUT2D eigenvalue weighted by molar-refractivity contribution is 0.287. The lowest BCUT2D eigenvalue weighted by Gasteiger charge is -2.22. The van der Waals surface area contributed by atoms with E-state index in [-0.39, 0.29) is 4.90 Å². The molecular weight excluding hydrogens is 170 g/mol. The molecule has 1 atom stereocenters. The molecule has 1 rings (SSSR count). The van der Waals surface area contributed by atoms with E-state index >= 15 is 0 Å². The van der Waals surface area contributed by atoms with E-state index in [0.717, 1.165) is 0 Å². The van der Waals surface area contributed by atoms with Crippen LogP contribution in [0.4, 0.5) is 0 Å². The fourth-order valence-corrected chi connectivity index (χ4v) is 0.992. The van der Waals surface area contributed by atoms with Crippen LogP contribution in [0.5, 0.6) is 0 Å². The van der Waals surface area contributed by atoms with Crippen LogP contribution >= 0.6 is 0 Å². The van der Waals surface area contributed by atoms with Crippen molar-refractivity contribution in [2.24, 2.45) is 0 Å². The van der Waals surface area contributed by atoms with Gasteiger partial charge in [0.2, 0.25) is 0 Å². The second kappa shape index (κ2) is 5.47. The molecule has 0 aliphatic rings. The number of likely N-dealkylation sites (N-methyl/N-ethyl adjacent to an activating group) is 1. The van der Waals surface area contributed by atoms with Crippen LogP contribution in [-0.4, -0.2) is 24.4 Å². The van der Waals surface area contributed by atoms with Crippen LogP contribution in [0.1, 0.15) is 26.1 Å². The van der Waals surface area contributed by atoms with Gasteiger partial charge in [0.15, 0.2) is 0 Å². The van der Waals surface area contributed by atoms with Crippen molar-refractivity contribution in [1.82, 2.24) is 4.90 Å². The Balaban J connectivity index is 3.56. The zero-order valence-electron chi connectivity index (χ0n) is 17.5. The molecule has 0 aliphatic carbocycles. The molecule has 0 heterocycles. The monoisotopic (exact) mass is 197 g/mol. The van der Waals surface area contributed by atoms with Crippen LogP contribution in [0.2, 0.25) is 0 Å². The number of nitrogens with zero attached hydrogens (tertiary/aromatic N) is 1. The van der Waals surface area contributed by atoms with Crippen molar-refractivity contribution in [1.29, 1.82) is 0 Å². The number of benzene rings is 1. The summed E-state index contributed by atoms with van der Waals surface area (Å²) in [6.45, 7) is -9.40. The van der Waals surface area contributed by atoms with Crippen molar-refractivity contribution < 1.29 is 13.7 Å². The first-order valence-electron chi connectivity index (χ1n) is 9.04. The summed E-state index contributed by atoms with van der Waals surface area (Å²) in [5.41, 5.74) is 0.368. The average Bonchev–Trinajstić information content (AvgIpc) is 2.35. The molecule has 0 bridgehead atoms. The predicted octanol–water partition coefficient (Wildman–Crippen LogP) is 2.18. The van der Waals surface area contributed by atoms with E-state index < -0.39 is 32.8 Å². The zero-order valence-corrected chi connectivity index (χ0v) is 7.54. The Morgan fingerprint density at radius 2 is 2.57 bits per heavy atom. The highest BCUT2D eigenvalue weighted by molar-refractivity contribution is 5.15. The summed E-state index contributed by atoms with van der Waals surface area (Å²) in [5.74, 6) is 1.74. The molecule has 0 N–H and O–H groups in total. The van der Waals surface area contributed by atoms with Crippen molar-refractivity contribution in [2.45, 2.75) is 19.3 Å². The molecule has 0 radical (unpaired) electrons. The SMILES string of the molecule is [2H]C#CC([2H])([2H])N(C([2H])([2H])[2H])[C@@]([2H])(Cc1ccccc1)C([2H])([2H])[2H]. The minimum Gasteiger partial charge on any atom is -0.292 e. The van der Waals surface area contributed by atoms with Crippen LogP contribution in [0, 0.1) is 12.3 Å². The number of hydrogen-bond acceptors (Lipinski definition) is 1. The molecule has 0 amide bonds. The highest BCUT2D eigenvalue weighted by Gasteiger charge is 2.07. The van der Waals surface area contributed by atoms with Crippen molar-refractivity contribution in [2.75, 3.05) is 13.5 Å². The van der Waals surface area contributed by atoms with E-state index in [0.29, 0.717) is 5.56 Å². The quantitative estimate of drug-likeness (QED) is 0.669. The lowest BCUT2D eigenvalue weighted by Crippen LogP contribution is -2.31. The summed E-state index contributed by atoms with van der Waals surface area (Å²) in [6, 6.07) is 5.13. The highest BCUT2D eigenvalue weighted by atomic mass is 15.1. The number of hydrogen-bond donors (Lipinski definition) is 0. The minimum atomic E-state index is -3.25. The van der Waals surface area contributed by atoms with Gasteiger partial charge in [-0.05, 0) is 25.8 Å². The second-order valence-electron chi connectivity index (χ2n) is 2.68. The number of rotatable bonds is 4. The molecular formula is C13H17N. The van der Waals surface area contributed by atoms with Crippen molar-refractivity contribution in [3.63, 3.8) is 0 Å². The van der Waals surface area contributed by atoms with Crippen LogP contribution in [0.25, 0.3) is 0 Å². The molecule has 0 aromatic heterocycles. The molecule has 14 heavy (non-hydrogen) atoms. The topological polar surface area (TPSA) is 3.24 Å². The van der Waals surface area contributed by atoms with Gasteiger partial charge < -0.3 is 0 Å². The molecule has 0 spiro atoms. The van der Waals surface area contributed by atoms with Crippen molar-refractivity contribution >= 4 is 0 Å². The average molecular weight is 197 g/mol. The van der Waals surface area contributed by atoms with Gasteiger partial charge in [-0.2, -0.15) is 0 Å². The summed E-state index contributed by atoms with van der Waals surface area (Å²) in [7, 11) is 0. The third-order valence-corrected chi connectivity index (χ3v) is 1.65. The van der Waals surface area contributed by atoms with Gasteiger partial charge in [-0.15, -0.1) is 6.40 Å². The Bertz CT molecular complexity index is 610. The maximum atomic E-state index is 8.39. The van der Waals surface area contributed by atoms with Crippen molar-refractivity contribution in [3.05, 3.63) is 35.9 Å². The maximum Gasteiger partial charge on any atom is 0.124 e. The molecule has 0 unspecified atom stereocenters. The fourth-order valence-electron chi connectivity index (χ4n) is 0.992. The fraction of sp³-hybridized carbons (Fsp3) is 0.385. The maximum absolute atomic E-state index is 8.39. The summed E-state index contributed by atoms with van der Waals surface area (Å²) >= 11 is 0. The van der Waals surface area contributed by atoms with Gasteiger partial charge in [0.25, 0.3) is 0 Å². The van der Waals surface area contributed by atoms with E-state index in [1.807, 2.05) is 0 Å². The lowest BCUT2D eigenvalue weighted by atomic mass is 10.1. The van der Waals surface area contributed by atoms with Crippen LogP contribution < -0.4 is 0 Å². The predicted molar refractivity (Wildman–Crippen MR) is 61.1 cm³/mol. The summed E-state index contributed by atoms with van der Waals surface area (Å²) < 4.78 is 76.4. The molecule has 0 aliphatic heterocycles. The van der Waals surface area contributed by atoms with E-state index in [9.17, 15) is 0 Å². The van der Waals surface area contributed by atoms with E-state index in [1.165, 1.54) is 18.5 Å². The van der Waals surface area contributed by atoms with E-state index in [1.54, 1.807) is 24.1 Å². The first-order chi connectivity index (χ1) is 10.8. The largest absolute Gasteiger partial charge is 0.292 e. The molecule has 0 saturated heterocycles. The Hall–Kier alpha value is -1.26. The molecule has 0 saturated carbocycles. The first kappa shape index (κ1) is 3.40. The molecule has 1 aromatic rings. The van der Waals surface area contributed by atoms with Crippen LogP contribution in [-0.2, 0) is 6.42 Å². The summed E-state index contributed by atoms with van der Waals surface area (Å²) in [6.07, 6.45) is 0.961. The zero-order chi connectivity index (χ0) is 18.8. The Morgan fingerprint density at radius 1 is 1.71 bits per heavy atom. The van der Waals surface area contributed by atoms with Gasteiger partial charge in [0.05, 0.1) is 9.24 Å². The first-order valence-corrected chi connectivity index (χ1v) is 4.04. The molecule has 1 nitrogen and oxygen atoms in total. The van der Waals surface area contributed by atoms with Gasteiger partial charge in [-0.25, -0.2) is 0 Å². The molecule has 1 heteroatoms. The van der Waals surface area contributed by atoms with Gasteiger partial charge >= 0.3 is 0 Å². The van der Waals surface area contributed by atoms with E-state index in [4.69, 9.17) is 13.7 Å². The molecule has 74 valence electrons. The van der Waals surface area contributed by atoms with E-state index in [2.05, 4.69) is 0 Å². The standard InChI is InChI=1S/C13H17N/c1-4-10-14(3)12(2)11-13-8-6-5-7-9-13/h1,5-9,12H,10-11H2,2-3H3/t12-/m1/s1/i1D,2D3,3D3,10D2,12D. The normalized spacial score (nSPS) is 27.5. The van der Waals surface area contributed by atoms with Crippen LogP contribution in [0.3, 0.4) is 0 Å². The number of terminal acetylenes is 1. The minimum absolute atomic E-state index is 0.0471. The Labute approximate surface area is 101 Å². The summed E-state index contributed by atoms with van der Waals surface area (Å²) in [5, 5.41) is 0. The molecule has 0 fully saturated rings. The molecule has 1 aromatic carbocycles. The second-order valence-corrected chi connectivity index (χ2v) is 2.68. The highest BCUT2D eigenvalue weighted by Crippen LogP contribution is 2.06. The van der Waals surface area contributed by atoms with Crippen molar-refractivity contribution in [3.8, 4) is 12.3 Å². The van der Waals surface area contributed by atoms with Crippen LogP contribution in [0.15, 0.2) is 30.3 Å². The van der Waals surface area contributed by atoms with Gasteiger partial charge in [-0.3, -0.25) is 4.90 Å². The third-order valence-electron chi connectivity index (χ3n) is 1.65. The Kier molecular flexibility index (Phi) is 1.33. The Morgan fingerprint density at radius 3 is 3.21 bits per heavy atom. The van der Waals surface area contributed by atoms with Gasteiger partial charge in [0, 0.05) is 15.6 Å². The summed E-state index contributed by atoms with van der Waals surface area (Å²) in [4.78, 5) is -0.0471. The van der Waals surface area contributed by atoms with Gasteiger partial charge in [-0.1, -0.05) is 36.3 Å².